The van der Waals surface area contributed by atoms with Gasteiger partial charge in [-0.05, 0) is 18.8 Å². The Bertz CT molecular complexity index is 359. The van der Waals surface area contributed by atoms with E-state index in [0.29, 0.717) is 11.9 Å². The first kappa shape index (κ1) is 9.40. The lowest BCUT2D eigenvalue weighted by Gasteiger charge is -2.13. The zero-order valence-corrected chi connectivity index (χ0v) is 8.62. The molecular formula is C10H16N4. The molecule has 0 bridgehead atoms. The number of nitrogens with two attached hydrogens (primary N) is 2. The van der Waals surface area contributed by atoms with E-state index in [0.717, 1.165) is 29.8 Å². The van der Waals surface area contributed by atoms with Crippen molar-refractivity contribution in [3.63, 3.8) is 0 Å². The largest absolute Gasteiger partial charge is 0.368 e. The second kappa shape index (κ2) is 3.20. The number of nitrogen functional groups attached to an aromatic ring is 1. The minimum Gasteiger partial charge on any atom is -0.368 e. The Morgan fingerprint density at radius 1 is 1.36 bits per heavy atom. The zero-order valence-electron chi connectivity index (χ0n) is 8.62. The normalized spacial score (nSPS) is 20.1. The van der Waals surface area contributed by atoms with Gasteiger partial charge in [-0.2, -0.15) is 0 Å². The molecular weight excluding hydrogens is 176 g/mol. The summed E-state index contributed by atoms with van der Waals surface area (Å²) in [5.41, 5.74) is 14.9. The maximum atomic E-state index is 6.01. The molecule has 1 aromatic heterocycles. The highest BCUT2D eigenvalue weighted by Gasteiger charge is 2.26. The molecule has 1 atom stereocenters. The van der Waals surface area contributed by atoms with Crippen LogP contribution in [-0.2, 0) is 6.42 Å². The minimum absolute atomic E-state index is 0.1000. The summed E-state index contributed by atoms with van der Waals surface area (Å²) in [7, 11) is 0. The van der Waals surface area contributed by atoms with Crippen molar-refractivity contribution in [2.45, 2.75) is 38.6 Å². The van der Waals surface area contributed by atoms with Gasteiger partial charge in [0.15, 0.2) is 0 Å². The average molecular weight is 192 g/mol. The fraction of sp³-hybridized carbons (Fsp3) is 0.600. The first-order valence-electron chi connectivity index (χ1n) is 5.01. The van der Waals surface area contributed by atoms with Crippen LogP contribution in [-0.4, -0.2) is 9.97 Å². The molecule has 0 aliphatic heterocycles. The Kier molecular flexibility index (Phi) is 2.15. The monoisotopic (exact) mass is 192 g/mol. The number of hydrogen-bond donors (Lipinski definition) is 2. The van der Waals surface area contributed by atoms with Crippen molar-refractivity contribution < 1.29 is 0 Å². The van der Waals surface area contributed by atoms with E-state index >= 15 is 0 Å². The van der Waals surface area contributed by atoms with Gasteiger partial charge in [-0.1, -0.05) is 13.8 Å². The van der Waals surface area contributed by atoms with Crippen molar-refractivity contribution in [1.82, 2.24) is 9.97 Å². The molecule has 0 saturated carbocycles. The first-order valence-corrected chi connectivity index (χ1v) is 5.01. The number of aryl methyl sites for hydroxylation is 1. The standard InChI is InChI=1S/C10H16N4/c1-5(2)9-8-6(11)3-4-7(8)13-10(12)14-9/h5-6H,3-4,11H2,1-2H3,(H2,12,13,14). The van der Waals surface area contributed by atoms with E-state index in [1.807, 2.05) is 0 Å². The number of nitrogens with zero attached hydrogens (tertiary/aromatic N) is 2. The molecule has 0 aromatic carbocycles. The molecule has 2 rings (SSSR count). The summed E-state index contributed by atoms with van der Waals surface area (Å²) < 4.78 is 0. The molecule has 1 unspecified atom stereocenters. The molecule has 0 spiro atoms. The lowest BCUT2D eigenvalue weighted by Crippen LogP contribution is -2.13. The highest BCUT2D eigenvalue weighted by molar-refractivity contribution is 5.38. The molecule has 1 aliphatic carbocycles. The molecule has 14 heavy (non-hydrogen) atoms. The molecule has 4 nitrogen and oxygen atoms in total. The third kappa shape index (κ3) is 1.35. The predicted molar refractivity (Wildman–Crippen MR) is 55.8 cm³/mol. The molecule has 0 radical (unpaired) electrons. The van der Waals surface area contributed by atoms with Gasteiger partial charge in [-0.15, -0.1) is 0 Å². The van der Waals surface area contributed by atoms with Crippen LogP contribution < -0.4 is 11.5 Å². The Hall–Kier alpha value is -1.16. The average Bonchev–Trinajstić information content (AvgIpc) is 2.46. The third-order valence-corrected chi connectivity index (χ3v) is 2.68. The Morgan fingerprint density at radius 2 is 2.07 bits per heavy atom. The zero-order chi connectivity index (χ0) is 10.3. The van der Waals surface area contributed by atoms with Crippen LogP contribution in [0.1, 0.15) is 49.2 Å². The lowest BCUT2D eigenvalue weighted by atomic mass is 10.0. The van der Waals surface area contributed by atoms with Gasteiger partial charge in [0.1, 0.15) is 0 Å². The van der Waals surface area contributed by atoms with Gasteiger partial charge < -0.3 is 11.5 Å². The van der Waals surface area contributed by atoms with Gasteiger partial charge >= 0.3 is 0 Å². The number of aromatic nitrogens is 2. The molecule has 1 aliphatic rings. The molecule has 0 amide bonds. The maximum absolute atomic E-state index is 6.01. The van der Waals surface area contributed by atoms with Crippen molar-refractivity contribution in [1.29, 1.82) is 0 Å². The molecule has 1 aromatic rings. The maximum Gasteiger partial charge on any atom is 0.220 e. The van der Waals surface area contributed by atoms with Gasteiger partial charge in [-0.25, -0.2) is 9.97 Å². The van der Waals surface area contributed by atoms with E-state index in [9.17, 15) is 0 Å². The van der Waals surface area contributed by atoms with Crippen LogP contribution in [0.25, 0.3) is 0 Å². The third-order valence-electron chi connectivity index (χ3n) is 2.68. The molecule has 0 fully saturated rings. The van der Waals surface area contributed by atoms with E-state index in [-0.39, 0.29) is 6.04 Å². The van der Waals surface area contributed by atoms with Gasteiger partial charge in [0, 0.05) is 11.6 Å². The van der Waals surface area contributed by atoms with Crippen molar-refractivity contribution in [2.75, 3.05) is 5.73 Å². The topological polar surface area (TPSA) is 77.8 Å². The van der Waals surface area contributed by atoms with E-state index in [1.54, 1.807) is 0 Å². The Balaban J connectivity index is 2.59. The summed E-state index contributed by atoms with van der Waals surface area (Å²) in [6.07, 6.45) is 1.90. The van der Waals surface area contributed by atoms with Crippen LogP contribution in [0.15, 0.2) is 0 Å². The fourth-order valence-electron chi connectivity index (χ4n) is 2.03. The Morgan fingerprint density at radius 3 is 2.71 bits per heavy atom. The van der Waals surface area contributed by atoms with Gasteiger partial charge in [-0.3, -0.25) is 0 Å². The quantitative estimate of drug-likeness (QED) is 0.699. The summed E-state index contributed by atoms with van der Waals surface area (Å²) in [5, 5.41) is 0. The SMILES string of the molecule is CC(C)c1nc(N)nc2c1C(N)CC2. The first-order chi connectivity index (χ1) is 6.59. The second-order valence-corrected chi connectivity index (χ2v) is 4.13. The van der Waals surface area contributed by atoms with Crippen LogP contribution in [0.4, 0.5) is 5.95 Å². The summed E-state index contributed by atoms with van der Waals surface area (Å²) >= 11 is 0. The molecule has 4 N–H and O–H groups in total. The number of anilines is 1. The van der Waals surface area contributed by atoms with E-state index in [4.69, 9.17) is 11.5 Å². The van der Waals surface area contributed by atoms with Crippen LogP contribution in [0, 0.1) is 0 Å². The van der Waals surface area contributed by atoms with Crippen molar-refractivity contribution in [2.24, 2.45) is 5.73 Å². The van der Waals surface area contributed by atoms with E-state index in [2.05, 4.69) is 23.8 Å². The minimum atomic E-state index is 0.1000. The number of rotatable bonds is 1. The van der Waals surface area contributed by atoms with Crippen molar-refractivity contribution >= 4 is 5.95 Å². The van der Waals surface area contributed by atoms with Gasteiger partial charge in [0.05, 0.1) is 11.4 Å². The molecule has 1 heterocycles. The number of hydrogen-bond acceptors (Lipinski definition) is 4. The van der Waals surface area contributed by atoms with Gasteiger partial charge in [0.25, 0.3) is 0 Å². The van der Waals surface area contributed by atoms with Crippen LogP contribution in [0.2, 0.25) is 0 Å². The fourth-order valence-corrected chi connectivity index (χ4v) is 2.03. The lowest BCUT2D eigenvalue weighted by molar-refractivity contribution is 0.690. The van der Waals surface area contributed by atoms with Crippen LogP contribution >= 0.6 is 0 Å². The van der Waals surface area contributed by atoms with E-state index < -0.39 is 0 Å². The smallest absolute Gasteiger partial charge is 0.220 e. The van der Waals surface area contributed by atoms with Crippen LogP contribution in [0.3, 0.4) is 0 Å². The summed E-state index contributed by atoms with van der Waals surface area (Å²) in [4.78, 5) is 8.52. The van der Waals surface area contributed by atoms with E-state index in [1.165, 1.54) is 0 Å². The molecule has 4 heteroatoms. The Labute approximate surface area is 83.7 Å². The second-order valence-electron chi connectivity index (χ2n) is 4.13. The number of fused-ring (bicyclic) bond motifs is 1. The molecule has 76 valence electrons. The van der Waals surface area contributed by atoms with Gasteiger partial charge in [0.2, 0.25) is 5.95 Å². The summed E-state index contributed by atoms with van der Waals surface area (Å²) in [6.45, 7) is 4.21. The predicted octanol–water partition coefficient (Wildman–Crippen LogP) is 1.13. The highest BCUT2D eigenvalue weighted by Crippen LogP contribution is 2.33. The van der Waals surface area contributed by atoms with Crippen molar-refractivity contribution in [3.05, 3.63) is 17.0 Å². The summed E-state index contributed by atoms with van der Waals surface area (Å²) in [5.74, 6) is 0.736. The highest BCUT2D eigenvalue weighted by atomic mass is 15.0. The summed E-state index contributed by atoms with van der Waals surface area (Å²) in [6, 6.07) is 0.1000. The van der Waals surface area contributed by atoms with Crippen LogP contribution in [0.5, 0.6) is 0 Å². The van der Waals surface area contributed by atoms with Crippen molar-refractivity contribution in [3.8, 4) is 0 Å². The molecule has 0 saturated heterocycles.